The highest BCUT2D eigenvalue weighted by atomic mass is 32.2. The Hall–Kier alpha value is -1.87. The maximum absolute atomic E-state index is 11.5. The molecule has 0 aliphatic heterocycles. The highest BCUT2D eigenvalue weighted by Crippen LogP contribution is 2.34. The smallest absolute Gasteiger partial charge is 0.356 e. The Morgan fingerprint density at radius 2 is 2.15 bits per heavy atom. The topological polar surface area (TPSA) is 94.2 Å². The van der Waals surface area contributed by atoms with Crippen molar-refractivity contribution in [3.8, 4) is 0 Å². The van der Waals surface area contributed by atoms with Crippen molar-refractivity contribution in [3.05, 3.63) is 17.8 Å². The molecule has 0 saturated heterocycles. The van der Waals surface area contributed by atoms with E-state index in [0.29, 0.717) is 15.1 Å². The lowest BCUT2D eigenvalue weighted by molar-refractivity contribution is 0.0593. The van der Waals surface area contributed by atoms with Gasteiger partial charge in [-0.2, -0.15) is 0 Å². The average Bonchev–Trinajstić information content (AvgIpc) is 2.89. The molecule has 0 radical (unpaired) electrons. The van der Waals surface area contributed by atoms with Crippen LogP contribution >= 0.6 is 23.1 Å². The number of nitrogen functional groups attached to an aromatic ring is 1. The van der Waals surface area contributed by atoms with E-state index in [2.05, 4.69) is 19.9 Å². The van der Waals surface area contributed by atoms with Gasteiger partial charge >= 0.3 is 5.97 Å². The summed E-state index contributed by atoms with van der Waals surface area (Å²) in [4.78, 5) is 17.5. The minimum absolute atomic E-state index is 0.210. The first-order chi connectivity index (χ1) is 9.51. The number of aromatic nitrogens is 3. The van der Waals surface area contributed by atoms with Crippen molar-refractivity contribution < 1.29 is 9.53 Å². The number of rotatable bonds is 4. The number of hydrogen-bond acceptors (Lipinski definition) is 9. The van der Waals surface area contributed by atoms with Gasteiger partial charge in [0.1, 0.15) is 10.7 Å². The first-order valence-electron chi connectivity index (χ1n) is 5.54. The molecule has 0 aromatic carbocycles. The molecule has 7 nitrogen and oxygen atoms in total. The van der Waals surface area contributed by atoms with Crippen LogP contribution in [0.4, 0.5) is 10.8 Å². The third-order valence-corrected chi connectivity index (χ3v) is 4.41. The van der Waals surface area contributed by atoms with Gasteiger partial charge in [-0.05, 0) is 23.9 Å². The lowest BCUT2D eigenvalue weighted by atomic mass is 10.3. The summed E-state index contributed by atoms with van der Waals surface area (Å²) in [6.45, 7) is 0. The molecule has 0 aliphatic rings. The molecule has 0 fully saturated rings. The van der Waals surface area contributed by atoms with Crippen LogP contribution in [0.3, 0.4) is 0 Å². The van der Waals surface area contributed by atoms with Gasteiger partial charge in [0.05, 0.1) is 12.8 Å². The van der Waals surface area contributed by atoms with Gasteiger partial charge in [0.2, 0.25) is 5.13 Å². The van der Waals surface area contributed by atoms with Crippen LogP contribution in [-0.2, 0) is 4.74 Å². The fourth-order valence-corrected chi connectivity index (χ4v) is 2.96. The Kier molecular flexibility index (Phi) is 4.40. The molecule has 0 amide bonds. The molecular formula is C11H13N5O2S2. The van der Waals surface area contributed by atoms with E-state index < -0.39 is 5.97 Å². The van der Waals surface area contributed by atoms with Gasteiger partial charge in [-0.3, -0.25) is 0 Å². The van der Waals surface area contributed by atoms with Gasteiger partial charge in [-0.1, -0.05) is 11.3 Å². The van der Waals surface area contributed by atoms with Crippen LogP contribution in [-0.4, -0.2) is 42.4 Å². The molecule has 20 heavy (non-hydrogen) atoms. The fraction of sp³-hybridized carbons (Fsp3) is 0.273. The minimum Gasteiger partial charge on any atom is -0.464 e. The molecule has 2 heterocycles. The molecule has 0 bridgehead atoms. The molecule has 0 aliphatic carbocycles. The highest BCUT2D eigenvalue weighted by molar-refractivity contribution is 8.01. The Bertz CT molecular complexity index is 629. The van der Waals surface area contributed by atoms with Gasteiger partial charge < -0.3 is 15.4 Å². The zero-order chi connectivity index (χ0) is 14.7. The molecule has 106 valence electrons. The van der Waals surface area contributed by atoms with E-state index in [4.69, 9.17) is 5.73 Å². The maximum Gasteiger partial charge on any atom is 0.356 e. The lowest BCUT2D eigenvalue weighted by Gasteiger charge is -2.05. The van der Waals surface area contributed by atoms with Crippen LogP contribution in [0.25, 0.3) is 0 Å². The van der Waals surface area contributed by atoms with Gasteiger partial charge in [0.15, 0.2) is 4.34 Å². The zero-order valence-electron chi connectivity index (χ0n) is 11.2. The van der Waals surface area contributed by atoms with Gasteiger partial charge in [-0.15, -0.1) is 10.2 Å². The third-order valence-electron chi connectivity index (χ3n) is 2.25. The van der Waals surface area contributed by atoms with Gasteiger partial charge in [0, 0.05) is 14.1 Å². The Morgan fingerprint density at radius 3 is 2.75 bits per heavy atom. The van der Waals surface area contributed by atoms with E-state index in [1.54, 1.807) is 6.07 Å². The molecular weight excluding hydrogens is 298 g/mol. The third kappa shape index (κ3) is 3.17. The van der Waals surface area contributed by atoms with Crippen molar-refractivity contribution in [2.24, 2.45) is 0 Å². The Labute approximate surface area is 124 Å². The van der Waals surface area contributed by atoms with Crippen molar-refractivity contribution in [1.82, 2.24) is 15.2 Å². The summed E-state index contributed by atoms with van der Waals surface area (Å²) in [5.41, 5.74) is 6.54. The number of nitrogens with two attached hydrogens (primary N) is 1. The van der Waals surface area contributed by atoms with E-state index in [1.807, 2.05) is 19.0 Å². The van der Waals surface area contributed by atoms with Crippen LogP contribution in [0, 0.1) is 0 Å². The second-order valence-corrected chi connectivity index (χ2v) is 6.12. The minimum atomic E-state index is -0.502. The van der Waals surface area contributed by atoms with Crippen molar-refractivity contribution >= 4 is 39.9 Å². The van der Waals surface area contributed by atoms with Crippen LogP contribution < -0.4 is 10.6 Å². The lowest BCUT2D eigenvalue weighted by Crippen LogP contribution is -2.07. The van der Waals surface area contributed by atoms with E-state index >= 15 is 0 Å². The quantitative estimate of drug-likeness (QED) is 0.849. The SMILES string of the molecule is COC(=O)c1ccc(N)c(Sc2nnc(N(C)C)s2)n1. The number of nitrogens with zero attached hydrogens (tertiary/aromatic N) is 4. The molecule has 0 saturated carbocycles. The molecule has 2 rings (SSSR count). The summed E-state index contributed by atoms with van der Waals surface area (Å²) in [6.07, 6.45) is 0. The van der Waals surface area contributed by atoms with E-state index in [0.717, 1.165) is 5.13 Å². The summed E-state index contributed by atoms with van der Waals surface area (Å²) in [5.74, 6) is -0.502. The number of ether oxygens (including phenoxy) is 1. The number of carbonyl (C=O) groups excluding carboxylic acids is 1. The molecule has 2 aromatic heterocycles. The fourth-order valence-electron chi connectivity index (χ4n) is 1.26. The number of anilines is 2. The number of pyridine rings is 1. The number of esters is 1. The summed E-state index contributed by atoms with van der Waals surface area (Å²) in [6, 6.07) is 3.14. The van der Waals surface area contributed by atoms with Gasteiger partial charge in [-0.25, -0.2) is 9.78 Å². The molecule has 0 spiro atoms. The first-order valence-corrected chi connectivity index (χ1v) is 7.18. The van der Waals surface area contributed by atoms with Crippen molar-refractivity contribution in [1.29, 1.82) is 0 Å². The predicted molar refractivity (Wildman–Crippen MR) is 78.3 cm³/mol. The second-order valence-electron chi connectivity index (χ2n) is 3.93. The van der Waals surface area contributed by atoms with Crippen LogP contribution in [0.2, 0.25) is 0 Å². The van der Waals surface area contributed by atoms with Crippen molar-refractivity contribution in [2.45, 2.75) is 9.37 Å². The van der Waals surface area contributed by atoms with E-state index in [9.17, 15) is 4.79 Å². The molecule has 0 atom stereocenters. The summed E-state index contributed by atoms with van der Waals surface area (Å²) in [5, 5.41) is 9.37. The molecule has 9 heteroatoms. The van der Waals surface area contributed by atoms with E-state index in [-0.39, 0.29) is 5.69 Å². The van der Waals surface area contributed by atoms with Crippen molar-refractivity contribution in [3.63, 3.8) is 0 Å². The standard InChI is InChI=1S/C11H13N5O2S2/c1-16(2)10-14-15-11(20-10)19-8-6(12)4-5-7(13-8)9(17)18-3/h4-5H,12H2,1-3H3. The van der Waals surface area contributed by atoms with E-state index in [1.165, 1.54) is 36.3 Å². The number of methoxy groups -OCH3 is 1. The monoisotopic (exact) mass is 311 g/mol. The molecule has 2 aromatic rings. The Morgan fingerprint density at radius 1 is 1.40 bits per heavy atom. The largest absolute Gasteiger partial charge is 0.464 e. The summed E-state index contributed by atoms with van der Waals surface area (Å²) < 4.78 is 5.34. The van der Waals surface area contributed by atoms with Crippen LogP contribution in [0.5, 0.6) is 0 Å². The summed E-state index contributed by atoms with van der Waals surface area (Å²) >= 11 is 2.69. The predicted octanol–water partition coefficient (Wildman–Crippen LogP) is 1.52. The Balaban J connectivity index is 2.25. The molecule has 2 N–H and O–H groups in total. The highest BCUT2D eigenvalue weighted by Gasteiger charge is 2.14. The van der Waals surface area contributed by atoms with Crippen molar-refractivity contribution in [2.75, 3.05) is 31.8 Å². The normalized spacial score (nSPS) is 10.3. The zero-order valence-corrected chi connectivity index (χ0v) is 12.8. The molecule has 0 unspecified atom stereocenters. The number of hydrogen-bond donors (Lipinski definition) is 1. The maximum atomic E-state index is 11.5. The number of carbonyl (C=O) groups is 1. The van der Waals surface area contributed by atoms with Crippen LogP contribution in [0.15, 0.2) is 21.5 Å². The first kappa shape index (κ1) is 14.5. The summed E-state index contributed by atoms with van der Waals surface area (Å²) in [7, 11) is 5.08. The average molecular weight is 311 g/mol. The van der Waals surface area contributed by atoms with Gasteiger partial charge in [0.25, 0.3) is 0 Å². The van der Waals surface area contributed by atoms with Crippen LogP contribution in [0.1, 0.15) is 10.5 Å². The second kappa shape index (κ2) is 6.06.